The molecule has 0 radical (unpaired) electrons. The van der Waals surface area contributed by atoms with Gasteiger partial charge in [0.05, 0.1) is 5.69 Å². The van der Waals surface area contributed by atoms with Gasteiger partial charge in [0.2, 0.25) is 0 Å². The summed E-state index contributed by atoms with van der Waals surface area (Å²) in [7, 11) is 0. The van der Waals surface area contributed by atoms with Crippen LogP contribution >= 0.6 is 0 Å². The fourth-order valence-electron chi connectivity index (χ4n) is 1.03. The topological polar surface area (TPSA) is 56.7 Å². The molecule has 2 N–H and O–H groups in total. The van der Waals surface area contributed by atoms with Crippen molar-refractivity contribution in [2.24, 2.45) is 5.73 Å². The van der Waals surface area contributed by atoms with Crippen molar-refractivity contribution in [3.63, 3.8) is 0 Å². The highest BCUT2D eigenvalue weighted by Gasteiger charge is 1.96. The van der Waals surface area contributed by atoms with Crippen molar-refractivity contribution in [1.29, 1.82) is 0 Å². The Kier molecular flexibility index (Phi) is 3.73. The summed E-state index contributed by atoms with van der Waals surface area (Å²) in [6, 6.07) is 0. The second kappa shape index (κ2) is 4.87. The van der Waals surface area contributed by atoms with Crippen LogP contribution in [0, 0.1) is 0 Å². The van der Waals surface area contributed by atoms with E-state index < -0.39 is 0 Å². The molecule has 0 aliphatic rings. The van der Waals surface area contributed by atoms with E-state index in [2.05, 4.69) is 17.2 Å². The van der Waals surface area contributed by atoms with Crippen molar-refractivity contribution in [1.82, 2.24) is 15.0 Å². The molecule has 0 saturated carbocycles. The lowest BCUT2D eigenvalue weighted by atomic mass is 10.3. The quantitative estimate of drug-likeness (QED) is 0.654. The first-order valence-corrected chi connectivity index (χ1v) is 4.46. The minimum atomic E-state index is 0.759. The summed E-state index contributed by atoms with van der Waals surface area (Å²) >= 11 is 0. The van der Waals surface area contributed by atoms with Gasteiger partial charge in [0.15, 0.2) is 0 Å². The second-order valence-corrected chi connectivity index (χ2v) is 2.82. The molecule has 4 nitrogen and oxygen atoms in total. The molecule has 1 aromatic heterocycles. The maximum Gasteiger partial charge on any atom is 0.0824 e. The Balaban J connectivity index is 2.31. The number of aryl methyl sites for hydroxylation is 2. The van der Waals surface area contributed by atoms with E-state index in [1.165, 1.54) is 0 Å². The molecule has 12 heavy (non-hydrogen) atoms. The zero-order valence-corrected chi connectivity index (χ0v) is 7.53. The summed E-state index contributed by atoms with van der Waals surface area (Å²) in [5.41, 5.74) is 6.44. The molecule has 0 spiro atoms. The fraction of sp³-hybridized carbons (Fsp3) is 0.750. The fourth-order valence-corrected chi connectivity index (χ4v) is 1.03. The number of nitrogens with zero attached hydrogens (tertiary/aromatic N) is 3. The van der Waals surface area contributed by atoms with E-state index in [4.69, 9.17) is 5.73 Å². The maximum absolute atomic E-state index is 5.38. The first-order chi connectivity index (χ1) is 5.86. The van der Waals surface area contributed by atoms with E-state index in [0.717, 1.165) is 38.0 Å². The van der Waals surface area contributed by atoms with Crippen LogP contribution in [-0.4, -0.2) is 21.5 Å². The Morgan fingerprint density at radius 3 is 2.92 bits per heavy atom. The average molecular weight is 168 g/mol. The van der Waals surface area contributed by atoms with Gasteiger partial charge in [-0.05, 0) is 25.8 Å². The Bertz CT molecular complexity index is 219. The van der Waals surface area contributed by atoms with Gasteiger partial charge in [-0.3, -0.25) is 4.68 Å². The first kappa shape index (κ1) is 9.19. The lowest BCUT2D eigenvalue weighted by molar-refractivity contribution is 0.544. The Hall–Kier alpha value is -0.900. The van der Waals surface area contributed by atoms with Crippen LogP contribution in [0.3, 0.4) is 0 Å². The third-order valence-electron chi connectivity index (χ3n) is 1.79. The summed E-state index contributed by atoms with van der Waals surface area (Å²) in [6.45, 7) is 3.77. The van der Waals surface area contributed by atoms with Crippen LogP contribution in [0.4, 0.5) is 0 Å². The Labute approximate surface area is 72.8 Å². The number of unbranched alkanes of at least 4 members (excludes halogenated alkanes) is 1. The predicted molar refractivity (Wildman–Crippen MR) is 47.7 cm³/mol. The highest BCUT2D eigenvalue weighted by molar-refractivity contribution is 4.90. The highest BCUT2D eigenvalue weighted by atomic mass is 15.4. The van der Waals surface area contributed by atoms with Crippen molar-refractivity contribution in [3.8, 4) is 0 Å². The molecule has 0 aliphatic heterocycles. The molecule has 0 bridgehead atoms. The van der Waals surface area contributed by atoms with Gasteiger partial charge in [-0.2, -0.15) is 0 Å². The second-order valence-electron chi connectivity index (χ2n) is 2.82. The summed E-state index contributed by atoms with van der Waals surface area (Å²) < 4.78 is 1.88. The summed E-state index contributed by atoms with van der Waals surface area (Å²) in [4.78, 5) is 0. The van der Waals surface area contributed by atoms with E-state index in [0.29, 0.717) is 0 Å². The third kappa shape index (κ3) is 2.62. The summed E-state index contributed by atoms with van der Waals surface area (Å²) in [5, 5.41) is 7.98. The van der Waals surface area contributed by atoms with E-state index in [9.17, 15) is 0 Å². The maximum atomic E-state index is 5.38. The molecule has 4 heteroatoms. The normalized spacial score (nSPS) is 10.5. The molecule has 0 aromatic carbocycles. The monoisotopic (exact) mass is 168 g/mol. The molecular formula is C8H16N4. The van der Waals surface area contributed by atoms with E-state index in [1.807, 2.05) is 10.9 Å². The number of nitrogens with two attached hydrogens (primary N) is 1. The summed E-state index contributed by atoms with van der Waals surface area (Å²) in [6.07, 6.45) is 5.09. The van der Waals surface area contributed by atoms with Gasteiger partial charge in [0, 0.05) is 12.7 Å². The average Bonchev–Trinajstić information content (AvgIpc) is 2.53. The molecule has 0 saturated heterocycles. The Morgan fingerprint density at radius 1 is 1.50 bits per heavy atom. The molecule has 0 atom stereocenters. The predicted octanol–water partition coefficient (Wildman–Crippen LogP) is 0.579. The molecule has 0 aliphatic carbocycles. The highest BCUT2D eigenvalue weighted by Crippen LogP contribution is 1.96. The number of hydrogen-bond acceptors (Lipinski definition) is 3. The molecule has 1 aromatic rings. The molecule has 1 heterocycles. The zero-order valence-electron chi connectivity index (χ0n) is 7.53. The van der Waals surface area contributed by atoms with Crippen LogP contribution in [0.2, 0.25) is 0 Å². The van der Waals surface area contributed by atoms with Crippen LogP contribution in [0.1, 0.15) is 25.5 Å². The molecule has 0 fully saturated rings. The van der Waals surface area contributed by atoms with Gasteiger partial charge >= 0.3 is 0 Å². The standard InChI is InChI=1S/C8H16N4/c1-2-8-7-12(11-10-8)6-4-3-5-9/h7H,2-6,9H2,1H3. The number of aromatic nitrogens is 3. The van der Waals surface area contributed by atoms with Crippen molar-refractivity contribution in [2.75, 3.05) is 6.54 Å². The number of rotatable bonds is 5. The van der Waals surface area contributed by atoms with Crippen LogP contribution in [-0.2, 0) is 13.0 Å². The lowest BCUT2D eigenvalue weighted by Gasteiger charge is -1.97. The van der Waals surface area contributed by atoms with Crippen molar-refractivity contribution in [2.45, 2.75) is 32.7 Å². The van der Waals surface area contributed by atoms with Crippen molar-refractivity contribution in [3.05, 3.63) is 11.9 Å². The van der Waals surface area contributed by atoms with Crippen LogP contribution < -0.4 is 5.73 Å². The molecule has 0 unspecified atom stereocenters. The first-order valence-electron chi connectivity index (χ1n) is 4.46. The van der Waals surface area contributed by atoms with Gasteiger partial charge in [-0.1, -0.05) is 12.1 Å². The van der Waals surface area contributed by atoms with E-state index in [1.54, 1.807) is 0 Å². The Morgan fingerprint density at radius 2 is 2.33 bits per heavy atom. The molecule has 1 rings (SSSR count). The lowest BCUT2D eigenvalue weighted by Crippen LogP contribution is -2.03. The minimum absolute atomic E-state index is 0.759. The zero-order chi connectivity index (χ0) is 8.81. The smallest absolute Gasteiger partial charge is 0.0824 e. The van der Waals surface area contributed by atoms with Gasteiger partial charge in [0.1, 0.15) is 0 Å². The molecular weight excluding hydrogens is 152 g/mol. The van der Waals surface area contributed by atoms with Crippen molar-refractivity contribution >= 4 is 0 Å². The van der Waals surface area contributed by atoms with Gasteiger partial charge < -0.3 is 5.73 Å². The van der Waals surface area contributed by atoms with Crippen LogP contribution in [0.15, 0.2) is 6.20 Å². The van der Waals surface area contributed by atoms with E-state index >= 15 is 0 Å². The van der Waals surface area contributed by atoms with E-state index in [-0.39, 0.29) is 0 Å². The van der Waals surface area contributed by atoms with Crippen LogP contribution in [0.5, 0.6) is 0 Å². The SMILES string of the molecule is CCc1cn(CCCCN)nn1. The van der Waals surface area contributed by atoms with Gasteiger partial charge in [-0.15, -0.1) is 5.10 Å². The van der Waals surface area contributed by atoms with Crippen LogP contribution in [0.25, 0.3) is 0 Å². The summed E-state index contributed by atoms with van der Waals surface area (Å²) in [5.74, 6) is 0. The molecule has 68 valence electrons. The minimum Gasteiger partial charge on any atom is -0.330 e. The molecule has 0 amide bonds. The van der Waals surface area contributed by atoms with Gasteiger partial charge in [-0.25, -0.2) is 0 Å². The number of hydrogen-bond donors (Lipinski definition) is 1. The third-order valence-corrected chi connectivity index (χ3v) is 1.79. The van der Waals surface area contributed by atoms with Gasteiger partial charge in [0.25, 0.3) is 0 Å². The van der Waals surface area contributed by atoms with Crippen molar-refractivity contribution < 1.29 is 0 Å². The largest absolute Gasteiger partial charge is 0.330 e.